The third kappa shape index (κ3) is 3.16. The number of aliphatic hydroxyl groups excluding tert-OH is 1. The maximum absolute atomic E-state index is 8.75. The van der Waals surface area contributed by atoms with E-state index >= 15 is 0 Å². The molecule has 1 aliphatic rings. The Morgan fingerprint density at radius 2 is 2.21 bits per heavy atom. The number of hydrogen-bond donors (Lipinski definition) is 3. The Labute approximate surface area is 84.2 Å². The highest BCUT2D eigenvalue weighted by Crippen LogP contribution is 2.49. The quantitative estimate of drug-likeness (QED) is 0.241. The molecule has 0 heterocycles. The highest BCUT2D eigenvalue weighted by atomic mass is 16.4. The van der Waals surface area contributed by atoms with Crippen molar-refractivity contribution in [2.24, 2.45) is 16.3 Å². The van der Waals surface area contributed by atoms with Crippen molar-refractivity contribution in [3.05, 3.63) is 0 Å². The summed E-state index contributed by atoms with van der Waals surface area (Å²) in [6.45, 7) is 1.76. The van der Waals surface area contributed by atoms with Crippen LogP contribution >= 0.6 is 0 Å². The first kappa shape index (κ1) is 11.3. The van der Waals surface area contributed by atoms with Crippen molar-refractivity contribution in [2.45, 2.75) is 19.3 Å². The van der Waals surface area contributed by atoms with Gasteiger partial charge in [0.2, 0.25) is 0 Å². The van der Waals surface area contributed by atoms with Gasteiger partial charge in [0.05, 0.1) is 6.61 Å². The Kier molecular flexibility index (Phi) is 3.71. The van der Waals surface area contributed by atoms with Crippen molar-refractivity contribution in [1.29, 1.82) is 0 Å². The van der Waals surface area contributed by atoms with E-state index in [1.54, 1.807) is 0 Å². The van der Waals surface area contributed by atoms with Gasteiger partial charge in [-0.15, -0.1) is 0 Å². The Bertz CT molecular complexity index is 214. The lowest BCUT2D eigenvalue weighted by molar-refractivity contribution is 0.197. The smallest absolute Gasteiger partial charge is 0.139 e. The lowest BCUT2D eigenvalue weighted by Gasteiger charge is -2.22. The molecular weight excluding hydrogens is 182 g/mol. The first-order valence-corrected chi connectivity index (χ1v) is 4.88. The van der Waals surface area contributed by atoms with E-state index in [-0.39, 0.29) is 12.0 Å². The number of hydrogen-bond acceptors (Lipinski definition) is 4. The van der Waals surface area contributed by atoms with Gasteiger partial charge in [0, 0.05) is 19.5 Å². The van der Waals surface area contributed by atoms with Crippen LogP contribution in [0, 0.1) is 5.41 Å². The Morgan fingerprint density at radius 1 is 1.57 bits per heavy atom. The molecule has 1 rings (SSSR count). The van der Waals surface area contributed by atoms with Crippen LogP contribution in [-0.4, -0.2) is 47.8 Å². The summed E-state index contributed by atoms with van der Waals surface area (Å²) < 4.78 is 0. The molecule has 5 nitrogen and oxygen atoms in total. The second-order valence-corrected chi connectivity index (χ2v) is 4.23. The fourth-order valence-corrected chi connectivity index (χ4v) is 1.81. The number of amidine groups is 1. The lowest BCUT2D eigenvalue weighted by Crippen LogP contribution is -2.31. The molecule has 0 amide bonds. The summed E-state index contributed by atoms with van der Waals surface area (Å²) in [5.74, 6) is 0.305. The third-order valence-electron chi connectivity index (χ3n) is 2.73. The van der Waals surface area contributed by atoms with E-state index in [1.165, 1.54) is 0 Å². The fourth-order valence-electron chi connectivity index (χ4n) is 1.81. The molecule has 0 aromatic carbocycles. The van der Waals surface area contributed by atoms with Crippen LogP contribution < -0.4 is 5.73 Å². The monoisotopic (exact) mass is 201 g/mol. The fraction of sp³-hybridized carbons (Fsp3) is 0.889. The standard InChI is InChI=1S/C9H19N3O2/c1-12(4-5-13)7-9(2-3-9)6-8(10)11-14/h13-14H,2-7H2,1H3,(H2,10,11). The van der Waals surface area contributed by atoms with Gasteiger partial charge < -0.3 is 20.9 Å². The van der Waals surface area contributed by atoms with E-state index in [0.29, 0.717) is 18.8 Å². The average molecular weight is 201 g/mol. The topological polar surface area (TPSA) is 82.1 Å². The van der Waals surface area contributed by atoms with Crippen LogP contribution in [0.2, 0.25) is 0 Å². The molecular formula is C9H19N3O2. The van der Waals surface area contributed by atoms with Gasteiger partial charge >= 0.3 is 0 Å². The largest absolute Gasteiger partial charge is 0.409 e. The molecule has 5 heteroatoms. The summed E-state index contributed by atoms with van der Waals surface area (Å²) in [6.07, 6.45) is 2.90. The number of oxime groups is 1. The molecule has 14 heavy (non-hydrogen) atoms. The van der Waals surface area contributed by atoms with Gasteiger partial charge in [0.1, 0.15) is 5.84 Å². The molecule has 82 valence electrons. The Balaban J connectivity index is 2.35. The highest BCUT2D eigenvalue weighted by molar-refractivity contribution is 5.80. The number of rotatable bonds is 6. The first-order valence-electron chi connectivity index (χ1n) is 4.88. The first-order chi connectivity index (χ1) is 6.62. The number of aliphatic hydroxyl groups is 1. The molecule has 1 saturated carbocycles. The van der Waals surface area contributed by atoms with Gasteiger partial charge in [0.25, 0.3) is 0 Å². The summed E-state index contributed by atoms with van der Waals surface area (Å²) in [6, 6.07) is 0. The van der Waals surface area contributed by atoms with E-state index < -0.39 is 0 Å². The summed E-state index contributed by atoms with van der Waals surface area (Å²) >= 11 is 0. The van der Waals surface area contributed by atoms with Gasteiger partial charge in [-0.3, -0.25) is 0 Å². The average Bonchev–Trinajstić information content (AvgIpc) is 2.85. The molecule has 0 radical (unpaired) electrons. The van der Waals surface area contributed by atoms with Crippen molar-refractivity contribution in [2.75, 3.05) is 26.7 Å². The normalized spacial score (nSPS) is 20.1. The van der Waals surface area contributed by atoms with Crippen LogP contribution in [0.15, 0.2) is 5.16 Å². The number of likely N-dealkylation sites (N-methyl/N-ethyl adjacent to an activating group) is 1. The van der Waals surface area contributed by atoms with E-state index in [1.807, 2.05) is 7.05 Å². The zero-order chi connectivity index (χ0) is 10.6. The summed E-state index contributed by atoms with van der Waals surface area (Å²) in [5, 5.41) is 20.2. The summed E-state index contributed by atoms with van der Waals surface area (Å²) in [7, 11) is 1.97. The van der Waals surface area contributed by atoms with Crippen LogP contribution in [0.4, 0.5) is 0 Å². The van der Waals surface area contributed by atoms with Crippen LogP contribution in [0.1, 0.15) is 19.3 Å². The molecule has 0 unspecified atom stereocenters. The minimum absolute atomic E-state index is 0.177. The van der Waals surface area contributed by atoms with Crippen LogP contribution in [0.3, 0.4) is 0 Å². The molecule has 0 aromatic heterocycles. The second-order valence-electron chi connectivity index (χ2n) is 4.23. The highest BCUT2D eigenvalue weighted by Gasteiger charge is 2.43. The van der Waals surface area contributed by atoms with Crippen LogP contribution in [0.5, 0.6) is 0 Å². The molecule has 0 aliphatic heterocycles. The van der Waals surface area contributed by atoms with Gasteiger partial charge in [-0.2, -0.15) is 0 Å². The summed E-state index contributed by atoms with van der Waals surface area (Å²) in [4.78, 5) is 2.08. The zero-order valence-corrected chi connectivity index (χ0v) is 8.61. The van der Waals surface area contributed by atoms with E-state index in [2.05, 4.69) is 10.1 Å². The maximum Gasteiger partial charge on any atom is 0.139 e. The van der Waals surface area contributed by atoms with Crippen molar-refractivity contribution in [3.63, 3.8) is 0 Å². The molecule has 0 saturated heterocycles. The van der Waals surface area contributed by atoms with E-state index in [9.17, 15) is 0 Å². The van der Waals surface area contributed by atoms with Crippen molar-refractivity contribution in [3.8, 4) is 0 Å². The van der Waals surface area contributed by atoms with Crippen LogP contribution in [0.25, 0.3) is 0 Å². The predicted molar refractivity (Wildman–Crippen MR) is 54.3 cm³/mol. The Hall–Kier alpha value is -0.810. The molecule has 0 aromatic rings. The molecule has 0 spiro atoms. The molecule has 1 fully saturated rings. The zero-order valence-electron chi connectivity index (χ0n) is 8.61. The minimum Gasteiger partial charge on any atom is -0.409 e. The van der Waals surface area contributed by atoms with Crippen LogP contribution in [-0.2, 0) is 0 Å². The van der Waals surface area contributed by atoms with Gasteiger partial charge in [-0.1, -0.05) is 5.16 Å². The number of nitrogens with zero attached hydrogens (tertiary/aromatic N) is 2. The predicted octanol–water partition coefficient (Wildman–Crippen LogP) is -0.173. The van der Waals surface area contributed by atoms with Gasteiger partial charge in [0.15, 0.2) is 0 Å². The second kappa shape index (κ2) is 4.61. The Morgan fingerprint density at radius 3 is 2.64 bits per heavy atom. The molecule has 0 bridgehead atoms. The minimum atomic E-state index is 0.177. The van der Waals surface area contributed by atoms with E-state index in [0.717, 1.165) is 19.4 Å². The SMILES string of the molecule is CN(CCO)CC1(CC(N)=NO)CC1. The van der Waals surface area contributed by atoms with Gasteiger partial charge in [-0.05, 0) is 25.3 Å². The van der Waals surface area contributed by atoms with Gasteiger partial charge in [-0.25, -0.2) is 0 Å². The van der Waals surface area contributed by atoms with Crippen molar-refractivity contribution >= 4 is 5.84 Å². The summed E-state index contributed by atoms with van der Waals surface area (Å²) in [5.41, 5.74) is 5.68. The molecule has 0 atom stereocenters. The van der Waals surface area contributed by atoms with Crippen molar-refractivity contribution < 1.29 is 10.3 Å². The molecule has 4 N–H and O–H groups in total. The maximum atomic E-state index is 8.75. The number of nitrogens with two attached hydrogens (primary N) is 1. The lowest BCUT2D eigenvalue weighted by atomic mass is 10.0. The molecule has 1 aliphatic carbocycles. The van der Waals surface area contributed by atoms with E-state index in [4.69, 9.17) is 16.0 Å². The third-order valence-corrected chi connectivity index (χ3v) is 2.73. The van der Waals surface area contributed by atoms with Crippen molar-refractivity contribution in [1.82, 2.24) is 4.90 Å².